The van der Waals surface area contributed by atoms with E-state index in [0.29, 0.717) is 30.3 Å². The van der Waals surface area contributed by atoms with E-state index >= 15 is 0 Å². The third-order valence-corrected chi connectivity index (χ3v) is 5.71. The van der Waals surface area contributed by atoms with Crippen molar-refractivity contribution >= 4 is 12.0 Å². The van der Waals surface area contributed by atoms with E-state index in [9.17, 15) is 4.79 Å². The number of carbonyl (C=O) groups is 1. The summed E-state index contributed by atoms with van der Waals surface area (Å²) in [5, 5.41) is 7.63. The van der Waals surface area contributed by atoms with E-state index in [1.54, 1.807) is 52.7 Å². The Kier molecular flexibility index (Phi) is 6.53. The first-order valence-electron chi connectivity index (χ1n) is 10.6. The summed E-state index contributed by atoms with van der Waals surface area (Å²) in [7, 11) is 6.32. The lowest BCUT2D eigenvalue weighted by molar-refractivity contribution is -0.126. The molecule has 0 saturated carbocycles. The van der Waals surface area contributed by atoms with E-state index in [2.05, 4.69) is 10.2 Å². The number of H-pyrrole nitrogens is 1. The molecule has 1 N–H and O–H groups in total. The number of nitrogens with zero attached hydrogens (tertiary/aromatic N) is 2. The van der Waals surface area contributed by atoms with Gasteiger partial charge in [-0.05, 0) is 48.0 Å². The Labute approximate surface area is 192 Å². The Morgan fingerprint density at radius 2 is 1.70 bits per heavy atom. The maximum atomic E-state index is 13.0. The van der Waals surface area contributed by atoms with Crippen LogP contribution in [0.4, 0.5) is 0 Å². The summed E-state index contributed by atoms with van der Waals surface area (Å²) in [5.74, 6) is 2.30. The molecule has 2 aromatic carbocycles. The highest BCUT2D eigenvalue weighted by molar-refractivity contribution is 5.92. The molecule has 0 radical (unpaired) electrons. The van der Waals surface area contributed by atoms with E-state index in [1.807, 2.05) is 29.2 Å². The van der Waals surface area contributed by atoms with Crippen LogP contribution in [0.5, 0.6) is 23.0 Å². The van der Waals surface area contributed by atoms with Crippen LogP contribution in [0, 0.1) is 0 Å². The predicted molar refractivity (Wildman–Crippen MR) is 125 cm³/mol. The predicted octanol–water partition coefficient (Wildman–Crippen LogP) is 3.71. The van der Waals surface area contributed by atoms with E-state index in [4.69, 9.17) is 18.9 Å². The van der Waals surface area contributed by atoms with Gasteiger partial charge in [-0.1, -0.05) is 0 Å². The fourth-order valence-corrected chi connectivity index (χ4v) is 3.94. The van der Waals surface area contributed by atoms with Crippen molar-refractivity contribution in [1.29, 1.82) is 0 Å². The number of aromatic amines is 1. The lowest BCUT2D eigenvalue weighted by Gasteiger charge is -2.26. The van der Waals surface area contributed by atoms with E-state index in [1.165, 1.54) is 0 Å². The van der Waals surface area contributed by atoms with Crippen LogP contribution in [-0.4, -0.2) is 56.0 Å². The molecule has 4 rings (SSSR count). The van der Waals surface area contributed by atoms with Gasteiger partial charge in [-0.15, -0.1) is 0 Å². The maximum Gasteiger partial charge on any atom is 0.246 e. The molecule has 1 aliphatic heterocycles. The molecule has 2 heterocycles. The Hall–Kier alpha value is -3.94. The fraction of sp³-hybridized carbons (Fsp3) is 0.280. The number of aromatic nitrogens is 2. The molecule has 0 atom stereocenters. The quantitative estimate of drug-likeness (QED) is 0.554. The van der Waals surface area contributed by atoms with Crippen molar-refractivity contribution in [3.63, 3.8) is 0 Å². The second kappa shape index (κ2) is 9.68. The van der Waals surface area contributed by atoms with Crippen LogP contribution in [0.3, 0.4) is 0 Å². The average molecular weight is 450 g/mol. The maximum absolute atomic E-state index is 13.0. The molecule has 33 heavy (non-hydrogen) atoms. The molecule has 0 bridgehead atoms. The van der Waals surface area contributed by atoms with Crippen molar-refractivity contribution in [3.8, 4) is 34.3 Å². The normalized spacial score (nSPS) is 13.0. The Balaban J connectivity index is 1.53. The van der Waals surface area contributed by atoms with Crippen molar-refractivity contribution in [2.24, 2.45) is 0 Å². The zero-order chi connectivity index (χ0) is 23.4. The second-order valence-corrected chi connectivity index (χ2v) is 7.56. The van der Waals surface area contributed by atoms with Gasteiger partial charge in [-0.2, -0.15) is 5.10 Å². The van der Waals surface area contributed by atoms with Crippen LogP contribution in [0.25, 0.3) is 17.3 Å². The average Bonchev–Trinajstić information content (AvgIpc) is 3.29. The van der Waals surface area contributed by atoms with E-state index in [-0.39, 0.29) is 5.91 Å². The lowest BCUT2D eigenvalue weighted by Crippen LogP contribution is -2.34. The molecular weight excluding hydrogens is 422 g/mol. The summed E-state index contributed by atoms with van der Waals surface area (Å²) >= 11 is 0. The number of fused-ring (bicyclic) bond motifs is 1. The van der Waals surface area contributed by atoms with Crippen molar-refractivity contribution in [2.75, 3.05) is 35.0 Å². The summed E-state index contributed by atoms with van der Waals surface area (Å²) in [6, 6.07) is 11.4. The van der Waals surface area contributed by atoms with Gasteiger partial charge < -0.3 is 23.8 Å². The Morgan fingerprint density at radius 1 is 1.00 bits per heavy atom. The zero-order valence-electron chi connectivity index (χ0n) is 19.2. The lowest BCUT2D eigenvalue weighted by atomic mass is 10.0. The van der Waals surface area contributed by atoms with Crippen LogP contribution in [0.2, 0.25) is 0 Å². The summed E-state index contributed by atoms with van der Waals surface area (Å²) in [6.45, 7) is 1.11. The molecular formula is C25H27N3O5. The molecule has 1 aliphatic rings. The van der Waals surface area contributed by atoms with E-state index in [0.717, 1.165) is 40.2 Å². The zero-order valence-corrected chi connectivity index (χ0v) is 19.2. The van der Waals surface area contributed by atoms with Crippen molar-refractivity contribution in [3.05, 3.63) is 59.3 Å². The Morgan fingerprint density at radius 3 is 2.30 bits per heavy atom. The molecule has 3 aromatic rings. The third kappa shape index (κ3) is 4.50. The molecule has 8 heteroatoms. The summed E-state index contributed by atoms with van der Waals surface area (Å²) in [5.41, 5.74) is 4.73. The standard InChI is InChI=1S/C25H27N3O5/c1-30-18-8-6-17(7-9-18)24-19-15-28(12-11-20(19)26-27-24)23(29)10-5-16-13-21(31-2)25(33-4)22(14-16)32-3/h5-10,13-14H,11-12,15H2,1-4H3,(H,26,27). The minimum atomic E-state index is -0.0729. The van der Waals surface area contributed by atoms with Crippen LogP contribution >= 0.6 is 0 Å². The van der Waals surface area contributed by atoms with Gasteiger partial charge in [0.25, 0.3) is 0 Å². The van der Waals surface area contributed by atoms with Gasteiger partial charge in [0, 0.05) is 42.4 Å². The number of methoxy groups -OCH3 is 4. The number of carbonyl (C=O) groups excluding carboxylic acids is 1. The molecule has 0 unspecified atom stereocenters. The SMILES string of the molecule is COc1ccc(-c2n[nH]c3c2CN(C(=O)C=Cc2cc(OC)c(OC)c(OC)c2)CC3)cc1. The minimum Gasteiger partial charge on any atom is -0.497 e. The van der Waals surface area contributed by atoms with Crippen LogP contribution in [0.15, 0.2) is 42.5 Å². The Bertz CT molecular complexity index is 1140. The highest BCUT2D eigenvalue weighted by Crippen LogP contribution is 2.38. The molecule has 1 aromatic heterocycles. The summed E-state index contributed by atoms with van der Waals surface area (Å²) < 4.78 is 21.4. The van der Waals surface area contributed by atoms with Crippen molar-refractivity contribution in [1.82, 2.24) is 15.1 Å². The molecule has 0 aliphatic carbocycles. The van der Waals surface area contributed by atoms with Gasteiger partial charge in [0.05, 0.1) is 34.1 Å². The number of hydrogen-bond acceptors (Lipinski definition) is 6. The summed E-state index contributed by atoms with van der Waals surface area (Å²) in [4.78, 5) is 14.8. The number of nitrogens with one attached hydrogen (secondary N) is 1. The largest absolute Gasteiger partial charge is 0.497 e. The van der Waals surface area contributed by atoms with Crippen molar-refractivity contribution in [2.45, 2.75) is 13.0 Å². The van der Waals surface area contributed by atoms with Crippen molar-refractivity contribution < 1.29 is 23.7 Å². The highest BCUT2D eigenvalue weighted by atomic mass is 16.5. The van der Waals surface area contributed by atoms with E-state index < -0.39 is 0 Å². The first-order valence-corrected chi connectivity index (χ1v) is 10.6. The molecule has 0 spiro atoms. The van der Waals surface area contributed by atoms with Crippen LogP contribution in [-0.2, 0) is 17.8 Å². The highest BCUT2D eigenvalue weighted by Gasteiger charge is 2.25. The molecule has 8 nitrogen and oxygen atoms in total. The van der Waals surface area contributed by atoms with Crippen LogP contribution < -0.4 is 18.9 Å². The fourth-order valence-electron chi connectivity index (χ4n) is 3.94. The first-order chi connectivity index (χ1) is 16.1. The number of benzene rings is 2. The van der Waals surface area contributed by atoms with Gasteiger partial charge in [0.1, 0.15) is 5.75 Å². The first kappa shape index (κ1) is 22.3. The third-order valence-electron chi connectivity index (χ3n) is 5.71. The number of amides is 1. The molecule has 0 fully saturated rings. The summed E-state index contributed by atoms with van der Waals surface area (Å²) in [6.07, 6.45) is 4.04. The topological polar surface area (TPSA) is 85.9 Å². The van der Waals surface area contributed by atoms with Gasteiger partial charge in [0.2, 0.25) is 11.7 Å². The second-order valence-electron chi connectivity index (χ2n) is 7.56. The molecule has 1 amide bonds. The van der Waals surface area contributed by atoms with Gasteiger partial charge in [-0.3, -0.25) is 9.89 Å². The number of rotatable bonds is 7. The van der Waals surface area contributed by atoms with Crippen LogP contribution in [0.1, 0.15) is 16.8 Å². The number of hydrogen-bond donors (Lipinski definition) is 1. The number of ether oxygens (including phenoxy) is 4. The smallest absolute Gasteiger partial charge is 0.246 e. The monoisotopic (exact) mass is 449 g/mol. The molecule has 172 valence electrons. The molecule has 0 saturated heterocycles. The minimum absolute atomic E-state index is 0.0729. The van der Waals surface area contributed by atoms with Gasteiger partial charge in [-0.25, -0.2) is 0 Å². The van der Waals surface area contributed by atoms with Gasteiger partial charge in [0.15, 0.2) is 11.5 Å². The van der Waals surface area contributed by atoms with Gasteiger partial charge >= 0.3 is 0 Å².